The first-order valence-corrected chi connectivity index (χ1v) is 0. The van der Waals surface area contributed by atoms with Gasteiger partial charge in [-0.2, -0.15) is 13.5 Å². The fraction of sp³-hybridized carbons (Fsp3) is 0. The van der Waals surface area contributed by atoms with Crippen molar-refractivity contribution >= 4 is 39.3 Å². The van der Waals surface area contributed by atoms with Crippen LogP contribution in [0.4, 0.5) is 0 Å². The second kappa shape index (κ2) is 17.9. The van der Waals surface area contributed by atoms with Crippen molar-refractivity contribution < 1.29 is 39.4 Å². The Labute approximate surface area is 77.7 Å². The molecule has 0 aromatic carbocycles. The molecule has 0 aliphatic heterocycles. The average Bonchev–Trinajstić information content (AvgIpc) is 0. The van der Waals surface area contributed by atoms with E-state index in [4.69, 9.17) is 0 Å². The Bertz CT molecular complexity index is 8.00. The smallest absolute Gasteiger partial charge is 0 e. The van der Waals surface area contributed by atoms with E-state index < -0.39 is 0 Å². The van der Waals surface area contributed by atoms with E-state index >= 15 is 0 Å². The molecule has 0 saturated heterocycles. The third kappa shape index (κ3) is 8.82. The normalized spacial score (nSPS) is 0. The summed E-state index contributed by atoms with van der Waals surface area (Å²) >= 11 is 0. The second-order valence-corrected chi connectivity index (χ2v) is 0. The summed E-state index contributed by atoms with van der Waals surface area (Å²) in [5, 5.41) is 0. The largest absolute Gasteiger partial charge is 0.197 e. The zero-order valence-electron chi connectivity index (χ0n) is 1.68. The van der Waals surface area contributed by atoms with Gasteiger partial charge in [-0.1, -0.05) is 0 Å². The molecule has 0 bridgehead atoms. The van der Waals surface area contributed by atoms with Crippen LogP contribution in [0.2, 0.25) is 0 Å². The molecule has 0 aliphatic rings. The maximum absolute atomic E-state index is 0. The van der Waals surface area contributed by atoms with Gasteiger partial charge in [0, 0.05) is 65.3 Å². The third-order valence-electron chi connectivity index (χ3n) is 0. The molecule has 4 heavy (non-hydrogen) atoms. The van der Waals surface area contributed by atoms with Crippen molar-refractivity contribution in [2.24, 2.45) is 0 Å². The summed E-state index contributed by atoms with van der Waals surface area (Å²) in [5.74, 6) is 0. The van der Waals surface area contributed by atoms with Crippen molar-refractivity contribution in [3.63, 3.8) is 0 Å². The molecular weight excluding hydrogens is 318 g/mol. The summed E-state index contributed by atoms with van der Waals surface area (Å²) in [5.41, 5.74) is 0. The Morgan fingerprint density at radius 3 is 1.00 bits per heavy atom. The zero-order chi connectivity index (χ0) is 0. The van der Waals surface area contributed by atoms with Crippen molar-refractivity contribution in [2.45, 2.75) is 0 Å². The van der Waals surface area contributed by atoms with E-state index in [9.17, 15) is 0 Å². The SMILES string of the molecule is S.[Ag].[Cu].[In]. The van der Waals surface area contributed by atoms with Gasteiger partial charge in [-0.05, 0) is 0 Å². The first kappa shape index (κ1) is 31.6. The summed E-state index contributed by atoms with van der Waals surface area (Å²) in [6, 6.07) is 0. The van der Waals surface area contributed by atoms with Crippen LogP contribution in [-0.2, 0) is 39.4 Å². The quantitative estimate of drug-likeness (QED) is 0.539. The molecule has 0 heterocycles. The zero-order valence-corrected chi connectivity index (χ0v) is 8.40. The minimum absolute atomic E-state index is 0. The Hall–Kier alpha value is 2.48. The molecule has 0 amide bonds. The Morgan fingerprint density at radius 2 is 1.00 bits per heavy atom. The van der Waals surface area contributed by atoms with Gasteiger partial charge < -0.3 is 0 Å². The molecule has 0 nitrogen and oxygen atoms in total. The minimum atomic E-state index is 0. The van der Waals surface area contributed by atoms with E-state index in [2.05, 4.69) is 0 Å². The molecule has 0 unspecified atom stereocenters. The van der Waals surface area contributed by atoms with E-state index in [0.29, 0.717) is 0 Å². The van der Waals surface area contributed by atoms with Gasteiger partial charge >= 0.3 is 0 Å². The molecule has 0 N–H and O–H groups in total. The van der Waals surface area contributed by atoms with E-state index in [1.54, 1.807) is 0 Å². The summed E-state index contributed by atoms with van der Waals surface area (Å²) in [4.78, 5) is 0. The standard InChI is InChI=1S/Ag.Cu.In.H2S/h;;;1H2. The van der Waals surface area contributed by atoms with E-state index in [0.717, 1.165) is 0 Å². The van der Waals surface area contributed by atoms with Crippen LogP contribution in [0.1, 0.15) is 0 Å². The molecule has 5 radical (unpaired) electrons. The summed E-state index contributed by atoms with van der Waals surface area (Å²) in [6.45, 7) is 0. The molecule has 0 saturated carbocycles. The van der Waals surface area contributed by atoms with Gasteiger partial charge in [-0.25, -0.2) is 0 Å². The number of hydrogen-bond acceptors (Lipinski definition) is 0. The summed E-state index contributed by atoms with van der Waals surface area (Å²) in [6.07, 6.45) is 0. The van der Waals surface area contributed by atoms with E-state index in [1.165, 1.54) is 0 Å². The van der Waals surface area contributed by atoms with Crippen molar-refractivity contribution in [1.29, 1.82) is 0 Å². The monoisotopic (exact) mass is 319 g/mol. The van der Waals surface area contributed by atoms with Gasteiger partial charge in [0.25, 0.3) is 0 Å². The van der Waals surface area contributed by atoms with Crippen molar-refractivity contribution in [2.75, 3.05) is 0 Å². The van der Waals surface area contributed by atoms with Crippen molar-refractivity contribution in [1.82, 2.24) is 0 Å². The van der Waals surface area contributed by atoms with Gasteiger partial charge in [-0.15, -0.1) is 0 Å². The molecule has 0 aromatic rings. The van der Waals surface area contributed by atoms with Gasteiger partial charge in [0.1, 0.15) is 0 Å². The fourth-order valence-electron chi connectivity index (χ4n) is 0. The van der Waals surface area contributed by atoms with Crippen LogP contribution >= 0.6 is 13.5 Å². The molecule has 33 valence electrons. The van der Waals surface area contributed by atoms with Crippen LogP contribution in [0.25, 0.3) is 0 Å². The Morgan fingerprint density at radius 1 is 1.00 bits per heavy atom. The van der Waals surface area contributed by atoms with E-state index in [1.807, 2.05) is 0 Å². The first-order chi connectivity index (χ1) is 0. The second-order valence-electron chi connectivity index (χ2n) is 0. The predicted octanol–water partition coefficient (Wildman–Crippen LogP) is -0.273. The third-order valence-corrected chi connectivity index (χ3v) is 0. The molecular formula is H2AgCuInS. The van der Waals surface area contributed by atoms with Crippen LogP contribution in [0.15, 0.2) is 0 Å². The Balaban J connectivity index is 0. The molecule has 4 heteroatoms. The van der Waals surface area contributed by atoms with E-state index in [-0.39, 0.29) is 78.8 Å². The summed E-state index contributed by atoms with van der Waals surface area (Å²) < 4.78 is 0. The van der Waals surface area contributed by atoms with Gasteiger partial charge in [0.05, 0.1) is 0 Å². The number of hydrogen-bond donors (Lipinski definition) is 0. The molecule has 0 spiro atoms. The predicted molar refractivity (Wildman–Crippen MR) is 16.1 cm³/mol. The fourth-order valence-corrected chi connectivity index (χ4v) is 0. The van der Waals surface area contributed by atoms with Gasteiger partial charge in [-0.3, -0.25) is 0 Å². The minimum Gasteiger partial charge on any atom is -0.197 e. The Kier molecular flexibility index (Phi) is 141. The molecule has 0 rings (SSSR count). The molecule has 0 fully saturated rings. The number of rotatable bonds is 0. The van der Waals surface area contributed by atoms with Gasteiger partial charge in [0.15, 0.2) is 0 Å². The topological polar surface area (TPSA) is 0 Å². The van der Waals surface area contributed by atoms with Gasteiger partial charge in [0.2, 0.25) is 0 Å². The van der Waals surface area contributed by atoms with Crippen LogP contribution in [0.3, 0.4) is 0 Å². The van der Waals surface area contributed by atoms with Crippen LogP contribution in [0.5, 0.6) is 0 Å². The first-order valence-electron chi connectivity index (χ1n) is 0. The van der Waals surface area contributed by atoms with Crippen molar-refractivity contribution in [3.8, 4) is 0 Å². The molecule has 0 aliphatic carbocycles. The van der Waals surface area contributed by atoms with Crippen LogP contribution < -0.4 is 0 Å². The average molecular weight is 320 g/mol. The van der Waals surface area contributed by atoms with Crippen molar-refractivity contribution in [3.05, 3.63) is 0 Å². The molecule has 0 aromatic heterocycles. The molecule has 0 atom stereocenters. The van der Waals surface area contributed by atoms with Crippen LogP contribution in [0, 0.1) is 0 Å². The maximum atomic E-state index is 0. The summed E-state index contributed by atoms with van der Waals surface area (Å²) in [7, 11) is 0. The maximum Gasteiger partial charge on any atom is 0 e. The van der Waals surface area contributed by atoms with Crippen LogP contribution in [-0.4, -0.2) is 25.8 Å².